The van der Waals surface area contributed by atoms with Gasteiger partial charge < -0.3 is 5.32 Å². The Morgan fingerprint density at radius 3 is 2.43 bits per heavy atom. The number of likely N-dealkylation sites (N-methyl/N-ethyl adjacent to an activating group) is 1. The zero-order valence-electron chi connectivity index (χ0n) is 14.5. The number of benzene rings is 1. The van der Waals surface area contributed by atoms with Crippen molar-refractivity contribution in [2.24, 2.45) is 0 Å². The Morgan fingerprint density at radius 2 is 1.81 bits per heavy atom. The summed E-state index contributed by atoms with van der Waals surface area (Å²) in [6.45, 7) is 13.5. The van der Waals surface area contributed by atoms with Crippen molar-refractivity contribution in [3.63, 3.8) is 0 Å². The summed E-state index contributed by atoms with van der Waals surface area (Å²) in [4.78, 5) is 2.65. The van der Waals surface area contributed by atoms with Gasteiger partial charge >= 0.3 is 0 Å². The van der Waals surface area contributed by atoms with E-state index < -0.39 is 0 Å². The number of rotatable bonds is 11. The largest absolute Gasteiger partial charge is 0.317 e. The van der Waals surface area contributed by atoms with Crippen LogP contribution in [-0.2, 0) is 13.0 Å². The molecule has 21 heavy (non-hydrogen) atoms. The number of hydrogen-bond acceptors (Lipinski definition) is 2. The van der Waals surface area contributed by atoms with E-state index in [1.165, 1.54) is 36.9 Å². The average Bonchev–Trinajstić information content (AvgIpc) is 2.52. The lowest BCUT2D eigenvalue weighted by Gasteiger charge is -2.29. The van der Waals surface area contributed by atoms with Crippen LogP contribution < -0.4 is 5.32 Å². The Bertz CT molecular complexity index is 376. The van der Waals surface area contributed by atoms with Gasteiger partial charge in [0.15, 0.2) is 0 Å². The summed E-state index contributed by atoms with van der Waals surface area (Å²) in [5.41, 5.74) is 3.01. The Hall–Kier alpha value is -0.860. The van der Waals surface area contributed by atoms with Crippen LogP contribution >= 0.6 is 0 Å². The molecule has 1 aromatic rings. The molecule has 2 heteroatoms. The van der Waals surface area contributed by atoms with Gasteiger partial charge in [0.1, 0.15) is 0 Å². The topological polar surface area (TPSA) is 15.3 Å². The van der Waals surface area contributed by atoms with Gasteiger partial charge in [0.2, 0.25) is 0 Å². The number of unbranched alkanes of at least 4 members (excludes halogenated alkanes) is 1. The second kappa shape index (κ2) is 10.8. The number of nitrogens with one attached hydrogen (secondary N) is 1. The molecule has 0 saturated heterocycles. The molecule has 120 valence electrons. The van der Waals surface area contributed by atoms with Crippen molar-refractivity contribution in [1.82, 2.24) is 10.2 Å². The molecule has 0 radical (unpaired) electrons. The Balaban J connectivity index is 2.72. The first-order chi connectivity index (χ1) is 10.2. The average molecular weight is 290 g/mol. The van der Waals surface area contributed by atoms with Gasteiger partial charge in [-0.05, 0) is 56.9 Å². The molecule has 0 heterocycles. The molecule has 0 aliphatic heterocycles. The lowest BCUT2D eigenvalue weighted by molar-refractivity contribution is 0.191. The highest BCUT2D eigenvalue weighted by Crippen LogP contribution is 2.16. The molecule has 0 aromatic heterocycles. The fourth-order valence-corrected chi connectivity index (χ4v) is 2.65. The van der Waals surface area contributed by atoms with E-state index in [4.69, 9.17) is 0 Å². The van der Waals surface area contributed by atoms with Crippen molar-refractivity contribution in [2.75, 3.05) is 19.6 Å². The maximum atomic E-state index is 3.43. The van der Waals surface area contributed by atoms with E-state index >= 15 is 0 Å². The van der Waals surface area contributed by atoms with Gasteiger partial charge in [-0.25, -0.2) is 0 Å². The maximum Gasteiger partial charge on any atom is 0.0239 e. The van der Waals surface area contributed by atoms with Gasteiger partial charge in [-0.3, -0.25) is 4.90 Å². The highest BCUT2D eigenvalue weighted by atomic mass is 15.1. The molecule has 1 N–H and O–H groups in total. The van der Waals surface area contributed by atoms with Crippen LogP contribution in [0.15, 0.2) is 24.3 Å². The van der Waals surface area contributed by atoms with Gasteiger partial charge in [-0.1, -0.05) is 51.5 Å². The molecule has 0 fully saturated rings. The molecule has 2 nitrogen and oxygen atoms in total. The summed E-state index contributed by atoms with van der Waals surface area (Å²) in [7, 11) is 0. The monoisotopic (exact) mass is 290 g/mol. The van der Waals surface area contributed by atoms with Gasteiger partial charge in [0, 0.05) is 12.6 Å². The quantitative estimate of drug-likeness (QED) is 0.613. The molecule has 0 amide bonds. The van der Waals surface area contributed by atoms with Crippen LogP contribution in [0.4, 0.5) is 0 Å². The molecule has 0 spiro atoms. The molecular weight excluding hydrogens is 256 g/mol. The highest BCUT2D eigenvalue weighted by Gasteiger charge is 2.13. The minimum absolute atomic E-state index is 0.665. The minimum Gasteiger partial charge on any atom is -0.317 e. The molecular formula is C19H34N2. The predicted octanol–water partition coefficient (Wildman–Crippen LogP) is 4.24. The summed E-state index contributed by atoms with van der Waals surface area (Å²) in [6, 6.07) is 9.62. The Morgan fingerprint density at radius 1 is 1.10 bits per heavy atom. The lowest BCUT2D eigenvalue weighted by Crippen LogP contribution is -2.33. The smallest absolute Gasteiger partial charge is 0.0239 e. The zero-order chi connectivity index (χ0) is 15.5. The Labute approximate surface area is 131 Å². The molecule has 0 aliphatic rings. The third-order valence-electron chi connectivity index (χ3n) is 4.33. The first-order valence-corrected chi connectivity index (χ1v) is 8.74. The van der Waals surface area contributed by atoms with E-state index in [-0.39, 0.29) is 0 Å². The predicted molar refractivity (Wildman–Crippen MR) is 93.8 cm³/mol. The van der Waals surface area contributed by atoms with E-state index in [9.17, 15) is 0 Å². The summed E-state index contributed by atoms with van der Waals surface area (Å²) in [5.74, 6) is 0. The van der Waals surface area contributed by atoms with Crippen molar-refractivity contribution in [1.29, 1.82) is 0 Å². The van der Waals surface area contributed by atoms with Crippen molar-refractivity contribution in [2.45, 2.75) is 66.0 Å². The molecule has 1 aromatic carbocycles. The van der Waals surface area contributed by atoms with Crippen molar-refractivity contribution in [3.05, 3.63) is 35.4 Å². The van der Waals surface area contributed by atoms with Crippen molar-refractivity contribution in [3.8, 4) is 0 Å². The van der Waals surface area contributed by atoms with Gasteiger partial charge in [0.05, 0.1) is 0 Å². The lowest BCUT2D eigenvalue weighted by atomic mass is 10.0. The summed E-state index contributed by atoms with van der Waals surface area (Å²) < 4.78 is 0. The van der Waals surface area contributed by atoms with E-state index in [0.29, 0.717) is 6.04 Å². The van der Waals surface area contributed by atoms with Crippen LogP contribution in [0.25, 0.3) is 0 Å². The van der Waals surface area contributed by atoms with Crippen LogP contribution in [-0.4, -0.2) is 30.6 Å². The first-order valence-electron chi connectivity index (χ1n) is 8.74. The van der Waals surface area contributed by atoms with Crippen LogP contribution in [0, 0.1) is 0 Å². The minimum atomic E-state index is 0.665. The standard InChI is InChI=1S/C19H34N2/c1-5-8-15-21(17(4)6-2)16-19-12-10-9-11-18(19)13-14-20-7-3/h9-12,17,20H,5-8,13-16H2,1-4H3. The van der Waals surface area contributed by atoms with Crippen LogP contribution in [0.5, 0.6) is 0 Å². The highest BCUT2D eigenvalue weighted by molar-refractivity contribution is 5.27. The zero-order valence-corrected chi connectivity index (χ0v) is 14.5. The molecule has 0 saturated carbocycles. The molecule has 1 rings (SSSR count). The van der Waals surface area contributed by atoms with Crippen LogP contribution in [0.1, 0.15) is 58.1 Å². The summed E-state index contributed by atoms with van der Waals surface area (Å²) in [5, 5.41) is 3.43. The van der Waals surface area contributed by atoms with E-state index in [1.807, 2.05) is 0 Å². The van der Waals surface area contributed by atoms with Crippen LogP contribution in [0.3, 0.4) is 0 Å². The normalized spacial score (nSPS) is 12.8. The Kier molecular flexibility index (Phi) is 9.36. The fraction of sp³-hybridized carbons (Fsp3) is 0.684. The summed E-state index contributed by atoms with van der Waals surface area (Å²) in [6.07, 6.45) is 4.92. The second-order valence-corrected chi connectivity index (χ2v) is 5.95. The fourth-order valence-electron chi connectivity index (χ4n) is 2.65. The maximum absolute atomic E-state index is 3.43. The number of nitrogens with zero attached hydrogens (tertiary/aromatic N) is 1. The SMILES string of the molecule is CCCCN(Cc1ccccc1CCNCC)C(C)CC. The van der Waals surface area contributed by atoms with Gasteiger partial charge in [-0.2, -0.15) is 0 Å². The molecule has 1 atom stereocenters. The molecule has 0 aliphatic carbocycles. The van der Waals surface area contributed by atoms with Crippen molar-refractivity contribution < 1.29 is 0 Å². The van der Waals surface area contributed by atoms with Gasteiger partial charge in [-0.15, -0.1) is 0 Å². The first kappa shape index (κ1) is 18.2. The van der Waals surface area contributed by atoms with E-state index in [2.05, 4.69) is 62.2 Å². The number of hydrogen-bond donors (Lipinski definition) is 1. The van der Waals surface area contributed by atoms with Gasteiger partial charge in [0.25, 0.3) is 0 Å². The second-order valence-electron chi connectivity index (χ2n) is 5.95. The third-order valence-corrected chi connectivity index (χ3v) is 4.33. The third kappa shape index (κ3) is 6.62. The van der Waals surface area contributed by atoms with E-state index in [0.717, 1.165) is 26.1 Å². The molecule has 1 unspecified atom stereocenters. The summed E-state index contributed by atoms with van der Waals surface area (Å²) >= 11 is 0. The van der Waals surface area contributed by atoms with Crippen molar-refractivity contribution >= 4 is 0 Å². The van der Waals surface area contributed by atoms with Crippen LogP contribution in [0.2, 0.25) is 0 Å². The molecule has 0 bridgehead atoms. The van der Waals surface area contributed by atoms with E-state index in [1.54, 1.807) is 0 Å².